The van der Waals surface area contributed by atoms with Crippen LogP contribution in [0.25, 0.3) is 0 Å². The Bertz CT molecular complexity index is 293. The molecule has 18 heavy (non-hydrogen) atoms. The fraction of sp³-hybridized carbons (Fsp3) is 0.800. The molecule has 3 nitrogen and oxygen atoms in total. The van der Waals surface area contributed by atoms with Gasteiger partial charge in [0.05, 0.1) is 0 Å². The minimum Gasteiger partial charge on any atom is -0.334 e. The molecule has 0 aromatic rings. The van der Waals surface area contributed by atoms with Gasteiger partial charge in [-0.25, -0.2) is 0 Å². The van der Waals surface area contributed by atoms with Crippen LogP contribution >= 0.6 is 0 Å². The molecule has 2 unspecified atom stereocenters. The molecule has 0 aliphatic heterocycles. The Morgan fingerprint density at radius 2 is 2.00 bits per heavy atom. The fourth-order valence-corrected chi connectivity index (χ4v) is 2.84. The van der Waals surface area contributed by atoms with Gasteiger partial charge < -0.3 is 10.6 Å². The fourth-order valence-electron chi connectivity index (χ4n) is 2.84. The molecular weight excluding hydrogens is 224 g/mol. The maximum absolute atomic E-state index is 12.7. The maximum Gasteiger partial charge on any atom is 0.226 e. The van der Waals surface area contributed by atoms with Crippen molar-refractivity contribution in [1.29, 1.82) is 0 Å². The topological polar surface area (TPSA) is 46.3 Å². The first-order valence-corrected chi connectivity index (χ1v) is 7.04. The third kappa shape index (κ3) is 3.58. The first-order chi connectivity index (χ1) is 8.41. The quantitative estimate of drug-likeness (QED) is 0.782. The van der Waals surface area contributed by atoms with Gasteiger partial charge >= 0.3 is 0 Å². The van der Waals surface area contributed by atoms with E-state index < -0.39 is 0 Å². The van der Waals surface area contributed by atoms with Crippen LogP contribution < -0.4 is 5.73 Å². The van der Waals surface area contributed by atoms with E-state index in [4.69, 9.17) is 5.73 Å². The Labute approximate surface area is 111 Å². The summed E-state index contributed by atoms with van der Waals surface area (Å²) in [5.41, 5.74) is 5.67. The highest BCUT2D eigenvalue weighted by Gasteiger charge is 2.36. The summed E-state index contributed by atoms with van der Waals surface area (Å²) in [6.45, 7) is 11.2. The van der Waals surface area contributed by atoms with Crippen LogP contribution in [0.3, 0.4) is 0 Å². The van der Waals surface area contributed by atoms with Gasteiger partial charge in [-0.1, -0.05) is 18.9 Å². The molecule has 0 bridgehead atoms. The molecule has 1 aliphatic carbocycles. The first-order valence-electron chi connectivity index (χ1n) is 7.04. The van der Waals surface area contributed by atoms with Gasteiger partial charge in [0.1, 0.15) is 0 Å². The molecule has 1 rings (SSSR count). The van der Waals surface area contributed by atoms with Crippen LogP contribution in [0.5, 0.6) is 0 Å². The highest BCUT2D eigenvalue weighted by molar-refractivity contribution is 5.80. The summed E-state index contributed by atoms with van der Waals surface area (Å²) in [4.78, 5) is 14.7. The lowest BCUT2D eigenvalue weighted by Gasteiger charge is -2.40. The predicted octanol–water partition coefficient (Wildman–Crippen LogP) is 2.56. The highest BCUT2D eigenvalue weighted by atomic mass is 16.2. The lowest BCUT2D eigenvalue weighted by molar-refractivity contribution is -0.142. The molecule has 1 aliphatic rings. The number of hydrogen-bond donors (Lipinski definition) is 1. The predicted molar refractivity (Wildman–Crippen MR) is 76.2 cm³/mol. The van der Waals surface area contributed by atoms with Crippen molar-refractivity contribution in [2.75, 3.05) is 13.1 Å². The van der Waals surface area contributed by atoms with Gasteiger partial charge in [-0.05, 0) is 46.1 Å². The SMILES string of the molecule is C=CCN(C(=O)C1CCCCC1CN)C(C)(C)C. The number of hydrogen-bond acceptors (Lipinski definition) is 2. The van der Waals surface area contributed by atoms with Gasteiger partial charge in [-0.3, -0.25) is 4.79 Å². The smallest absolute Gasteiger partial charge is 0.226 e. The summed E-state index contributed by atoms with van der Waals surface area (Å²) in [5, 5.41) is 0. The van der Waals surface area contributed by atoms with E-state index in [0.29, 0.717) is 19.0 Å². The van der Waals surface area contributed by atoms with Gasteiger partial charge in [0.25, 0.3) is 0 Å². The van der Waals surface area contributed by atoms with Crippen LogP contribution in [-0.4, -0.2) is 29.4 Å². The van der Waals surface area contributed by atoms with Crippen LogP contribution in [0, 0.1) is 11.8 Å². The molecule has 3 heteroatoms. The van der Waals surface area contributed by atoms with Crippen molar-refractivity contribution in [3.05, 3.63) is 12.7 Å². The number of carbonyl (C=O) groups excluding carboxylic acids is 1. The molecular formula is C15H28N2O. The second-order valence-corrected chi connectivity index (χ2v) is 6.30. The summed E-state index contributed by atoms with van der Waals surface area (Å²) in [5.74, 6) is 0.737. The molecule has 104 valence electrons. The summed E-state index contributed by atoms with van der Waals surface area (Å²) < 4.78 is 0. The standard InChI is InChI=1S/C15H28N2O/c1-5-10-17(15(2,3)4)14(18)13-9-7-6-8-12(13)11-16/h5,12-13H,1,6-11,16H2,2-4H3. The van der Waals surface area contributed by atoms with E-state index in [2.05, 4.69) is 27.4 Å². The summed E-state index contributed by atoms with van der Waals surface area (Å²) in [6.07, 6.45) is 6.26. The third-order valence-corrected chi connectivity index (χ3v) is 3.92. The van der Waals surface area contributed by atoms with Crippen molar-refractivity contribution < 1.29 is 4.79 Å². The van der Waals surface area contributed by atoms with Crippen molar-refractivity contribution >= 4 is 5.91 Å². The molecule has 0 radical (unpaired) electrons. The zero-order valence-electron chi connectivity index (χ0n) is 12.1. The van der Waals surface area contributed by atoms with Crippen molar-refractivity contribution in [2.45, 2.75) is 52.0 Å². The molecule has 1 saturated carbocycles. The minimum absolute atomic E-state index is 0.114. The molecule has 0 saturated heterocycles. The first kappa shape index (κ1) is 15.2. The van der Waals surface area contributed by atoms with Crippen molar-refractivity contribution in [1.82, 2.24) is 4.90 Å². The van der Waals surface area contributed by atoms with Gasteiger partial charge in [0.15, 0.2) is 0 Å². The van der Waals surface area contributed by atoms with Crippen molar-refractivity contribution in [3.8, 4) is 0 Å². The Balaban J connectivity index is 2.83. The molecule has 0 spiro atoms. The summed E-state index contributed by atoms with van der Waals surface area (Å²) in [6, 6.07) is 0. The number of nitrogens with zero attached hydrogens (tertiary/aromatic N) is 1. The van der Waals surface area contributed by atoms with Crippen molar-refractivity contribution in [3.63, 3.8) is 0 Å². The van der Waals surface area contributed by atoms with Gasteiger partial charge in [0, 0.05) is 18.0 Å². The molecule has 0 heterocycles. The number of nitrogens with two attached hydrogens (primary N) is 1. The summed E-state index contributed by atoms with van der Waals surface area (Å²) >= 11 is 0. The van der Waals surface area contributed by atoms with E-state index in [-0.39, 0.29) is 17.4 Å². The summed E-state index contributed by atoms with van der Waals surface area (Å²) in [7, 11) is 0. The molecule has 0 aromatic carbocycles. The highest BCUT2D eigenvalue weighted by Crippen LogP contribution is 2.32. The monoisotopic (exact) mass is 252 g/mol. The number of amides is 1. The lowest BCUT2D eigenvalue weighted by Crippen LogP contribution is -2.50. The van der Waals surface area contributed by atoms with Gasteiger partial charge in [0.2, 0.25) is 5.91 Å². The average molecular weight is 252 g/mol. The van der Waals surface area contributed by atoms with Crippen LogP contribution in [-0.2, 0) is 4.79 Å². The van der Waals surface area contributed by atoms with Crippen LogP contribution in [0.1, 0.15) is 46.5 Å². The van der Waals surface area contributed by atoms with Crippen LogP contribution in [0.4, 0.5) is 0 Å². The van der Waals surface area contributed by atoms with Crippen molar-refractivity contribution in [2.24, 2.45) is 17.6 Å². The maximum atomic E-state index is 12.7. The van der Waals surface area contributed by atoms with E-state index in [9.17, 15) is 4.79 Å². The van der Waals surface area contributed by atoms with E-state index >= 15 is 0 Å². The Kier molecular flexibility index (Phi) is 5.39. The molecule has 0 aromatic heterocycles. The van der Waals surface area contributed by atoms with Gasteiger partial charge in [-0.2, -0.15) is 0 Å². The largest absolute Gasteiger partial charge is 0.334 e. The zero-order chi connectivity index (χ0) is 13.8. The third-order valence-electron chi connectivity index (χ3n) is 3.92. The molecule has 1 fully saturated rings. The molecule has 2 atom stereocenters. The van der Waals surface area contributed by atoms with Crippen LogP contribution in [0.2, 0.25) is 0 Å². The average Bonchev–Trinajstić information content (AvgIpc) is 2.33. The Morgan fingerprint density at radius 1 is 1.39 bits per heavy atom. The molecule has 2 N–H and O–H groups in total. The Morgan fingerprint density at radius 3 is 2.50 bits per heavy atom. The van der Waals surface area contributed by atoms with E-state index in [1.165, 1.54) is 6.42 Å². The zero-order valence-corrected chi connectivity index (χ0v) is 12.1. The second kappa shape index (κ2) is 6.37. The lowest BCUT2D eigenvalue weighted by atomic mass is 9.78. The van der Waals surface area contributed by atoms with E-state index in [0.717, 1.165) is 19.3 Å². The number of rotatable bonds is 4. The number of carbonyl (C=O) groups is 1. The van der Waals surface area contributed by atoms with E-state index in [1.807, 2.05) is 11.0 Å². The minimum atomic E-state index is -0.151. The molecule has 1 amide bonds. The van der Waals surface area contributed by atoms with Crippen LogP contribution in [0.15, 0.2) is 12.7 Å². The van der Waals surface area contributed by atoms with Gasteiger partial charge in [-0.15, -0.1) is 6.58 Å². The van der Waals surface area contributed by atoms with E-state index in [1.54, 1.807) is 0 Å². The second-order valence-electron chi connectivity index (χ2n) is 6.30. The Hall–Kier alpha value is -0.830. The normalized spacial score (nSPS) is 24.7.